The van der Waals surface area contributed by atoms with Crippen LogP contribution in [0.3, 0.4) is 0 Å². The maximum Gasteiger partial charge on any atom is 0.128 e. The van der Waals surface area contributed by atoms with Crippen LogP contribution in [0.25, 0.3) is 0 Å². The Morgan fingerprint density at radius 1 is 1.26 bits per heavy atom. The lowest BCUT2D eigenvalue weighted by molar-refractivity contribution is 0.544. The highest BCUT2D eigenvalue weighted by molar-refractivity contribution is 9.10. The molecule has 100 valence electrons. The minimum Gasteiger partial charge on any atom is -0.306 e. The Balaban J connectivity index is 2.48. The summed E-state index contributed by atoms with van der Waals surface area (Å²) in [5, 5.41) is 3.14. The quantitative estimate of drug-likeness (QED) is 0.923. The molecule has 1 aromatic carbocycles. The van der Waals surface area contributed by atoms with Gasteiger partial charge in [0.2, 0.25) is 0 Å². The SMILES string of the molecule is CCNC(c1cncc(Br)c1)c1cc(F)ccc1F. The van der Waals surface area contributed by atoms with Gasteiger partial charge in [-0.3, -0.25) is 4.98 Å². The lowest BCUT2D eigenvalue weighted by Crippen LogP contribution is -2.23. The maximum atomic E-state index is 13.9. The Bertz CT molecular complexity index is 575. The predicted octanol–water partition coefficient (Wildman–Crippen LogP) is 3.82. The summed E-state index contributed by atoms with van der Waals surface area (Å²) in [6.45, 7) is 2.54. The number of rotatable bonds is 4. The van der Waals surface area contributed by atoms with Gasteiger partial charge >= 0.3 is 0 Å². The summed E-state index contributed by atoms with van der Waals surface area (Å²) in [6.07, 6.45) is 3.29. The molecule has 0 aliphatic carbocycles. The summed E-state index contributed by atoms with van der Waals surface area (Å²) in [4.78, 5) is 4.06. The Morgan fingerprint density at radius 2 is 2.05 bits per heavy atom. The average Bonchev–Trinajstić information content (AvgIpc) is 2.39. The van der Waals surface area contributed by atoms with Gasteiger partial charge in [0.25, 0.3) is 0 Å². The van der Waals surface area contributed by atoms with Gasteiger partial charge in [-0.05, 0) is 52.3 Å². The minimum atomic E-state index is -0.456. The van der Waals surface area contributed by atoms with Crippen molar-refractivity contribution >= 4 is 15.9 Å². The maximum absolute atomic E-state index is 13.9. The van der Waals surface area contributed by atoms with E-state index in [-0.39, 0.29) is 5.56 Å². The molecule has 5 heteroatoms. The molecule has 0 radical (unpaired) electrons. The molecule has 0 saturated carbocycles. The molecule has 1 N–H and O–H groups in total. The first-order valence-corrected chi connectivity index (χ1v) is 6.70. The van der Waals surface area contributed by atoms with Gasteiger partial charge in [-0.2, -0.15) is 0 Å². The first kappa shape index (κ1) is 14.1. The molecule has 0 amide bonds. The zero-order valence-electron chi connectivity index (χ0n) is 10.3. The Kier molecular flexibility index (Phi) is 4.61. The van der Waals surface area contributed by atoms with E-state index in [0.717, 1.165) is 22.2 Å². The number of nitrogens with zero attached hydrogens (tertiary/aromatic N) is 1. The van der Waals surface area contributed by atoms with Crippen LogP contribution in [0.15, 0.2) is 41.1 Å². The number of nitrogens with one attached hydrogen (secondary N) is 1. The number of halogens is 3. The smallest absolute Gasteiger partial charge is 0.128 e. The lowest BCUT2D eigenvalue weighted by Gasteiger charge is -2.19. The van der Waals surface area contributed by atoms with Gasteiger partial charge in [-0.25, -0.2) is 8.78 Å². The predicted molar refractivity (Wildman–Crippen MR) is 73.8 cm³/mol. The van der Waals surface area contributed by atoms with Crippen molar-refractivity contribution in [2.45, 2.75) is 13.0 Å². The third-order valence-corrected chi connectivity index (χ3v) is 3.17. The second-order valence-electron chi connectivity index (χ2n) is 4.09. The summed E-state index contributed by atoms with van der Waals surface area (Å²) in [5.74, 6) is -0.894. The fourth-order valence-corrected chi connectivity index (χ4v) is 2.32. The van der Waals surface area contributed by atoms with Crippen molar-refractivity contribution in [3.63, 3.8) is 0 Å². The van der Waals surface area contributed by atoms with E-state index in [2.05, 4.69) is 26.2 Å². The van der Waals surface area contributed by atoms with E-state index < -0.39 is 17.7 Å². The van der Waals surface area contributed by atoms with Gasteiger partial charge in [-0.15, -0.1) is 0 Å². The third-order valence-electron chi connectivity index (χ3n) is 2.74. The number of aromatic nitrogens is 1. The van der Waals surface area contributed by atoms with Gasteiger partial charge in [-0.1, -0.05) is 6.92 Å². The monoisotopic (exact) mass is 326 g/mol. The molecule has 2 nitrogen and oxygen atoms in total. The molecule has 1 unspecified atom stereocenters. The second-order valence-corrected chi connectivity index (χ2v) is 5.01. The number of pyridine rings is 1. The van der Waals surface area contributed by atoms with Crippen LogP contribution in [-0.2, 0) is 0 Å². The van der Waals surface area contributed by atoms with Crippen LogP contribution in [-0.4, -0.2) is 11.5 Å². The lowest BCUT2D eigenvalue weighted by atomic mass is 9.99. The molecule has 19 heavy (non-hydrogen) atoms. The van der Waals surface area contributed by atoms with Gasteiger partial charge < -0.3 is 5.32 Å². The zero-order valence-corrected chi connectivity index (χ0v) is 11.9. The highest BCUT2D eigenvalue weighted by Crippen LogP contribution is 2.26. The van der Waals surface area contributed by atoms with Crippen LogP contribution in [0.2, 0.25) is 0 Å². The molecule has 1 heterocycles. The average molecular weight is 327 g/mol. The molecule has 1 atom stereocenters. The van der Waals surface area contributed by atoms with E-state index in [9.17, 15) is 8.78 Å². The summed E-state index contributed by atoms with van der Waals surface area (Å²) in [6, 6.07) is 4.88. The topological polar surface area (TPSA) is 24.9 Å². The molecule has 0 bridgehead atoms. The molecule has 0 aliphatic heterocycles. The molecule has 1 aromatic heterocycles. The first-order chi connectivity index (χ1) is 9.11. The summed E-state index contributed by atoms with van der Waals surface area (Å²) in [7, 11) is 0. The Morgan fingerprint density at radius 3 is 2.74 bits per heavy atom. The van der Waals surface area contributed by atoms with Crippen molar-refractivity contribution < 1.29 is 8.78 Å². The van der Waals surface area contributed by atoms with E-state index >= 15 is 0 Å². The van der Waals surface area contributed by atoms with Crippen molar-refractivity contribution in [1.29, 1.82) is 0 Å². The molecule has 0 spiro atoms. The van der Waals surface area contributed by atoms with E-state index in [4.69, 9.17) is 0 Å². The summed E-state index contributed by atoms with van der Waals surface area (Å²) >= 11 is 3.33. The van der Waals surface area contributed by atoms with Crippen LogP contribution < -0.4 is 5.32 Å². The van der Waals surface area contributed by atoms with Crippen LogP contribution in [0.1, 0.15) is 24.1 Å². The third kappa shape index (κ3) is 3.36. The second kappa shape index (κ2) is 6.21. The van der Waals surface area contributed by atoms with E-state index in [1.807, 2.05) is 13.0 Å². The van der Waals surface area contributed by atoms with Crippen molar-refractivity contribution in [2.75, 3.05) is 6.54 Å². The highest BCUT2D eigenvalue weighted by atomic mass is 79.9. The van der Waals surface area contributed by atoms with Crippen LogP contribution in [0.4, 0.5) is 8.78 Å². The van der Waals surface area contributed by atoms with Crippen molar-refractivity contribution in [2.24, 2.45) is 0 Å². The zero-order chi connectivity index (χ0) is 13.8. The molecular formula is C14H13BrF2N2. The number of hydrogen-bond acceptors (Lipinski definition) is 2. The summed E-state index contributed by atoms with van der Waals surface area (Å²) < 4.78 is 28.0. The largest absolute Gasteiger partial charge is 0.306 e. The Hall–Kier alpha value is -1.33. The first-order valence-electron chi connectivity index (χ1n) is 5.90. The molecule has 2 rings (SSSR count). The Labute approximate surface area is 119 Å². The van der Waals surface area contributed by atoms with Crippen molar-refractivity contribution in [1.82, 2.24) is 10.3 Å². The standard InChI is InChI=1S/C14H13BrF2N2/c1-2-19-14(9-5-10(15)8-18-7-9)12-6-11(16)3-4-13(12)17/h3-8,14,19H,2H2,1H3. The normalized spacial score (nSPS) is 12.4. The van der Waals surface area contributed by atoms with Crippen LogP contribution in [0, 0.1) is 11.6 Å². The van der Waals surface area contributed by atoms with Crippen molar-refractivity contribution in [3.05, 3.63) is 63.9 Å². The molecule has 2 aromatic rings. The fraction of sp³-hybridized carbons (Fsp3) is 0.214. The van der Waals surface area contributed by atoms with Gasteiger partial charge in [0.15, 0.2) is 0 Å². The van der Waals surface area contributed by atoms with E-state index in [0.29, 0.717) is 6.54 Å². The minimum absolute atomic E-state index is 0.279. The highest BCUT2D eigenvalue weighted by Gasteiger charge is 2.18. The van der Waals surface area contributed by atoms with Crippen molar-refractivity contribution in [3.8, 4) is 0 Å². The fourth-order valence-electron chi connectivity index (χ4n) is 1.93. The van der Waals surface area contributed by atoms with Gasteiger partial charge in [0.1, 0.15) is 11.6 Å². The van der Waals surface area contributed by atoms with Crippen LogP contribution >= 0.6 is 15.9 Å². The van der Waals surface area contributed by atoms with Crippen LogP contribution in [0.5, 0.6) is 0 Å². The molecule has 0 saturated heterocycles. The van der Waals surface area contributed by atoms with Gasteiger partial charge in [0, 0.05) is 22.4 Å². The molecule has 0 fully saturated rings. The number of hydrogen-bond donors (Lipinski definition) is 1. The molecular weight excluding hydrogens is 314 g/mol. The van der Waals surface area contributed by atoms with E-state index in [1.165, 1.54) is 6.07 Å². The summed E-state index contributed by atoms with van der Waals surface area (Å²) in [5.41, 5.74) is 1.06. The molecule has 0 aliphatic rings. The van der Waals surface area contributed by atoms with Gasteiger partial charge in [0.05, 0.1) is 6.04 Å². The number of benzene rings is 1. The van der Waals surface area contributed by atoms with E-state index in [1.54, 1.807) is 12.4 Å².